The zero-order chi connectivity index (χ0) is 17.2. The summed E-state index contributed by atoms with van der Waals surface area (Å²) in [4.78, 5) is 21.3. The Kier molecular flexibility index (Phi) is 3.74. The Hall–Kier alpha value is -3.48. The van der Waals surface area contributed by atoms with Crippen LogP contribution in [0, 0.1) is 6.92 Å². The van der Waals surface area contributed by atoms with Gasteiger partial charge in [-0.25, -0.2) is 9.97 Å². The SMILES string of the molecule is Cc1cccc2nc(CNC(=O)c3ccccc3-c3ncn[nH]3)cn12. The third-order valence-electron chi connectivity index (χ3n) is 4.02. The summed E-state index contributed by atoms with van der Waals surface area (Å²) in [7, 11) is 0. The maximum absolute atomic E-state index is 12.6. The zero-order valence-corrected chi connectivity index (χ0v) is 13.6. The Labute approximate surface area is 143 Å². The van der Waals surface area contributed by atoms with Crippen molar-refractivity contribution in [3.05, 3.63) is 71.9 Å². The van der Waals surface area contributed by atoms with Crippen molar-refractivity contribution in [2.45, 2.75) is 13.5 Å². The van der Waals surface area contributed by atoms with Gasteiger partial charge in [-0.15, -0.1) is 0 Å². The Bertz CT molecular complexity index is 1030. The maximum Gasteiger partial charge on any atom is 0.252 e. The smallest absolute Gasteiger partial charge is 0.252 e. The van der Waals surface area contributed by atoms with Crippen molar-refractivity contribution in [2.75, 3.05) is 0 Å². The normalized spacial score (nSPS) is 10.9. The topological polar surface area (TPSA) is 88.0 Å². The molecule has 2 N–H and O–H groups in total. The van der Waals surface area contributed by atoms with E-state index in [0.717, 1.165) is 17.0 Å². The van der Waals surface area contributed by atoms with Crippen LogP contribution < -0.4 is 5.32 Å². The third-order valence-corrected chi connectivity index (χ3v) is 4.02. The second-order valence-electron chi connectivity index (χ2n) is 5.69. The van der Waals surface area contributed by atoms with Crippen molar-refractivity contribution >= 4 is 11.6 Å². The summed E-state index contributed by atoms with van der Waals surface area (Å²) in [6.45, 7) is 2.37. The standard InChI is InChI=1S/C18H16N6O/c1-12-5-4-8-16-22-13(10-24(12)16)9-19-18(25)15-7-3-2-6-14(15)17-20-11-21-23-17/h2-8,10-11H,9H2,1H3,(H,19,25)(H,20,21,23). The lowest BCUT2D eigenvalue weighted by atomic mass is 10.1. The maximum atomic E-state index is 12.6. The van der Waals surface area contributed by atoms with Crippen LogP contribution in [-0.4, -0.2) is 30.5 Å². The molecule has 0 spiro atoms. The fraction of sp³-hybridized carbons (Fsp3) is 0.111. The summed E-state index contributed by atoms with van der Waals surface area (Å²) in [5.41, 5.74) is 4.02. The first-order chi connectivity index (χ1) is 12.2. The highest BCUT2D eigenvalue weighted by atomic mass is 16.1. The predicted octanol–water partition coefficient (Wildman–Crippen LogP) is 2.36. The molecule has 0 aliphatic rings. The van der Waals surface area contributed by atoms with Crippen LogP contribution in [0.1, 0.15) is 21.7 Å². The van der Waals surface area contributed by atoms with Gasteiger partial charge in [0.2, 0.25) is 0 Å². The molecule has 0 unspecified atom stereocenters. The van der Waals surface area contributed by atoms with E-state index in [9.17, 15) is 4.79 Å². The van der Waals surface area contributed by atoms with Gasteiger partial charge in [0.25, 0.3) is 5.91 Å². The van der Waals surface area contributed by atoms with Crippen molar-refractivity contribution in [3.63, 3.8) is 0 Å². The van der Waals surface area contributed by atoms with Crippen LogP contribution in [0.25, 0.3) is 17.0 Å². The molecule has 0 fully saturated rings. The Morgan fingerprint density at radius 1 is 1.20 bits per heavy atom. The quantitative estimate of drug-likeness (QED) is 0.600. The second-order valence-corrected chi connectivity index (χ2v) is 5.69. The molecule has 0 aliphatic carbocycles. The van der Waals surface area contributed by atoms with Crippen molar-refractivity contribution in [2.24, 2.45) is 0 Å². The minimum atomic E-state index is -0.180. The van der Waals surface area contributed by atoms with E-state index in [4.69, 9.17) is 0 Å². The highest BCUT2D eigenvalue weighted by Crippen LogP contribution is 2.19. The summed E-state index contributed by atoms with van der Waals surface area (Å²) in [5, 5.41) is 9.56. The molecule has 25 heavy (non-hydrogen) atoms. The first kappa shape index (κ1) is 15.1. The molecular formula is C18H16N6O. The number of benzene rings is 1. The van der Waals surface area contributed by atoms with Crippen LogP contribution in [0.5, 0.6) is 0 Å². The van der Waals surface area contributed by atoms with Gasteiger partial charge in [0.05, 0.1) is 17.8 Å². The molecule has 0 aliphatic heterocycles. The highest BCUT2D eigenvalue weighted by Gasteiger charge is 2.14. The van der Waals surface area contributed by atoms with Crippen LogP contribution in [-0.2, 0) is 6.54 Å². The van der Waals surface area contributed by atoms with Gasteiger partial charge in [-0.05, 0) is 25.1 Å². The molecule has 3 heterocycles. The molecule has 4 rings (SSSR count). The van der Waals surface area contributed by atoms with Gasteiger partial charge in [-0.2, -0.15) is 5.10 Å². The Balaban J connectivity index is 1.55. The van der Waals surface area contributed by atoms with Gasteiger partial charge in [0, 0.05) is 17.5 Å². The van der Waals surface area contributed by atoms with Gasteiger partial charge < -0.3 is 9.72 Å². The molecule has 7 nitrogen and oxygen atoms in total. The lowest BCUT2D eigenvalue weighted by molar-refractivity contribution is 0.0951. The number of hydrogen-bond acceptors (Lipinski definition) is 4. The second kappa shape index (κ2) is 6.20. The highest BCUT2D eigenvalue weighted by molar-refractivity contribution is 6.00. The average Bonchev–Trinajstić information content (AvgIpc) is 3.30. The molecule has 1 aromatic carbocycles. The minimum Gasteiger partial charge on any atom is -0.346 e. The summed E-state index contributed by atoms with van der Waals surface area (Å²) < 4.78 is 2.00. The number of imidazole rings is 1. The number of aromatic amines is 1. The number of rotatable bonds is 4. The number of H-pyrrole nitrogens is 1. The van der Waals surface area contributed by atoms with E-state index >= 15 is 0 Å². The van der Waals surface area contributed by atoms with Gasteiger partial charge in [-0.3, -0.25) is 9.89 Å². The number of nitrogens with one attached hydrogen (secondary N) is 2. The lowest BCUT2D eigenvalue weighted by Gasteiger charge is -2.07. The lowest BCUT2D eigenvalue weighted by Crippen LogP contribution is -2.23. The number of fused-ring (bicyclic) bond motifs is 1. The van der Waals surface area contributed by atoms with E-state index in [1.165, 1.54) is 6.33 Å². The van der Waals surface area contributed by atoms with Crippen molar-refractivity contribution < 1.29 is 4.79 Å². The van der Waals surface area contributed by atoms with Crippen LogP contribution >= 0.6 is 0 Å². The molecule has 7 heteroatoms. The van der Waals surface area contributed by atoms with E-state index in [0.29, 0.717) is 23.5 Å². The van der Waals surface area contributed by atoms with E-state index in [1.54, 1.807) is 6.07 Å². The molecule has 0 saturated heterocycles. The first-order valence-electron chi connectivity index (χ1n) is 7.89. The molecule has 0 saturated carbocycles. The van der Waals surface area contributed by atoms with Crippen molar-refractivity contribution in [1.29, 1.82) is 0 Å². The third kappa shape index (κ3) is 2.87. The molecule has 4 aromatic rings. The van der Waals surface area contributed by atoms with Crippen LogP contribution in [0.3, 0.4) is 0 Å². The van der Waals surface area contributed by atoms with Gasteiger partial charge in [-0.1, -0.05) is 24.3 Å². The van der Waals surface area contributed by atoms with E-state index in [-0.39, 0.29) is 5.91 Å². The zero-order valence-electron chi connectivity index (χ0n) is 13.6. The molecule has 124 valence electrons. The monoisotopic (exact) mass is 332 g/mol. The number of carbonyl (C=O) groups is 1. The van der Waals surface area contributed by atoms with Crippen molar-refractivity contribution in [3.8, 4) is 11.4 Å². The average molecular weight is 332 g/mol. The minimum absolute atomic E-state index is 0.180. The number of amides is 1. The number of carbonyl (C=O) groups excluding carboxylic acids is 1. The number of aryl methyl sites for hydroxylation is 1. The van der Waals surface area contributed by atoms with E-state index in [1.807, 2.05) is 53.9 Å². The molecule has 0 atom stereocenters. The fourth-order valence-electron chi connectivity index (χ4n) is 2.77. The number of pyridine rings is 1. The van der Waals surface area contributed by atoms with Crippen LogP contribution in [0.2, 0.25) is 0 Å². The largest absolute Gasteiger partial charge is 0.346 e. The molecule has 1 amide bonds. The van der Waals surface area contributed by atoms with Gasteiger partial charge in [0.15, 0.2) is 5.82 Å². The molecule has 3 aromatic heterocycles. The molecule has 0 radical (unpaired) electrons. The first-order valence-corrected chi connectivity index (χ1v) is 7.89. The summed E-state index contributed by atoms with van der Waals surface area (Å²) in [6, 6.07) is 13.2. The predicted molar refractivity (Wildman–Crippen MR) is 92.9 cm³/mol. The van der Waals surface area contributed by atoms with Gasteiger partial charge >= 0.3 is 0 Å². The number of nitrogens with zero attached hydrogens (tertiary/aromatic N) is 4. The van der Waals surface area contributed by atoms with Crippen LogP contribution in [0.4, 0.5) is 0 Å². The fourth-order valence-corrected chi connectivity index (χ4v) is 2.77. The molecular weight excluding hydrogens is 316 g/mol. The van der Waals surface area contributed by atoms with E-state index in [2.05, 4.69) is 25.5 Å². The summed E-state index contributed by atoms with van der Waals surface area (Å²) >= 11 is 0. The van der Waals surface area contributed by atoms with E-state index < -0.39 is 0 Å². The van der Waals surface area contributed by atoms with Gasteiger partial charge in [0.1, 0.15) is 12.0 Å². The Morgan fingerprint density at radius 2 is 2.08 bits per heavy atom. The number of hydrogen-bond donors (Lipinski definition) is 2. The summed E-state index contributed by atoms with van der Waals surface area (Å²) in [5.74, 6) is 0.384. The van der Waals surface area contributed by atoms with Crippen LogP contribution in [0.15, 0.2) is 55.0 Å². The Morgan fingerprint density at radius 3 is 2.88 bits per heavy atom. The van der Waals surface area contributed by atoms with Crippen molar-refractivity contribution in [1.82, 2.24) is 29.9 Å². The summed E-state index contributed by atoms with van der Waals surface area (Å²) in [6.07, 6.45) is 3.36. The molecule has 0 bridgehead atoms. The number of aromatic nitrogens is 5.